The molecule has 0 aliphatic heterocycles. The van der Waals surface area contributed by atoms with Gasteiger partial charge in [0.2, 0.25) is 0 Å². The van der Waals surface area contributed by atoms with E-state index in [9.17, 15) is 0 Å². The van der Waals surface area contributed by atoms with Crippen molar-refractivity contribution in [2.24, 2.45) is 0 Å². The van der Waals surface area contributed by atoms with Crippen molar-refractivity contribution in [3.05, 3.63) is 54.3 Å². The van der Waals surface area contributed by atoms with Crippen LogP contribution >= 0.6 is 0 Å². The Hall–Kier alpha value is -1.52. The van der Waals surface area contributed by atoms with Gasteiger partial charge < -0.3 is 0 Å². The normalized spacial score (nSPS) is 8.36. The Balaban J connectivity index is 3.21. The summed E-state index contributed by atoms with van der Waals surface area (Å²) in [5.74, 6) is 0. The molecule has 0 aromatic heterocycles. The number of benzene rings is 1. The van der Waals surface area contributed by atoms with Crippen molar-refractivity contribution in [1.29, 1.82) is 0 Å². The van der Waals surface area contributed by atoms with Gasteiger partial charge in [-0.3, -0.25) is 0 Å². The molecule has 0 heterocycles. The van der Waals surface area contributed by atoms with Crippen LogP contribution in [0.25, 0.3) is 12.2 Å². The predicted molar refractivity (Wildman–Crippen MR) is 50.1 cm³/mol. The molecule has 1 aromatic carbocycles. The van der Waals surface area contributed by atoms with Gasteiger partial charge in [0.05, 0.1) is 0 Å². The van der Waals surface area contributed by atoms with Crippen molar-refractivity contribution in [3.63, 3.8) is 0 Å². The SMILES string of the molecule is C=C=Cc1ccccc1C=C. The highest BCUT2D eigenvalue weighted by Gasteiger charge is 1.90. The van der Waals surface area contributed by atoms with Crippen LogP contribution in [0.2, 0.25) is 0 Å². The summed E-state index contributed by atoms with van der Waals surface area (Å²) in [6, 6.07) is 7.99. The molecule has 0 fully saturated rings. The standard InChI is InChI=1S/C11H10/c1-3-7-11-9-6-5-8-10(11)4-2/h4-9H,1-2H2. The van der Waals surface area contributed by atoms with Crippen LogP contribution in [0.1, 0.15) is 11.1 Å². The molecule has 0 aliphatic carbocycles. The second-order valence-electron chi connectivity index (χ2n) is 2.18. The molecule has 11 heavy (non-hydrogen) atoms. The van der Waals surface area contributed by atoms with E-state index in [1.54, 1.807) is 0 Å². The highest BCUT2D eigenvalue weighted by molar-refractivity contribution is 5.63. The summed E-state index contributed by atoms with van der Waals surface area (Å²) in [7, 11) is 0. The minimum atomic E-state index is 1.11. The van der Waals surface area contributed by atoms with Crippen molar-refractivity contribution in [2.75, 3.05) is 0 Å². The molecule has 0 spiro atoms. The van der Waals surface area contributed by atoms with Gasteiger partial charge in [-0.15, -0.1) is 5.73 Å². The van der Waals surface area contributed by atoms with E-state index < -0.39 is 0 Å². The average molecular weight is 142 g/mol. The molecule has 0 N–H and O–H groups in total. The first-order chi connectivity index (χ1) is 5.38. The van der Waals surface area contributed by atoms with Gasteiger partial charge in [0.25, 0.3) is 0 Å². The van der Waals surface area contributed by atoms with E-state index in [1.165, 1.54) is 0 Å². The molecule has 0 unspecified atom stereocenters. The number of hydrogen-bond donors (Lipinski definition) is 0. The molecule has 0 amide bonds. The van der Waals surface area contributed by atoms with Crippen molar-refractivity contribution in [1.82, 2.24) is 0 Å². The molecule has 0 saturated heterocycles. The van der Waals surface area contributed by atoms with Gasteiger partial charge >= 0.3 is 0 Å². The first kappa shape index (κ1) is 7.59. The first-order valence-electron chi connectivity index (χ1n) is 3.46. The van der Waals surface area contributed by atoms with Crippen LogP contribution in [-0.2, 0) is 0 Å². The maximum atomic E-state index is 3.71. The van der Waals surface area contributed by atoms with Crippen LogP contribution in [-0.4, -0.2) is 0 Å². The van der Waals surface area contributed by atoms with Crippen molar-refractivity contribution in [3.8, 4) is 0 Å². The van der Waals surface area contributed by atoms with Gasteiger partial charge in [-0.1, -0.05) is 43.5 Å². The van der Waals surface area contributed by atoms with Gasteiger partial charge in [0.1, 0.15) is 0 Å². The summed E-state index contributed by atoms with van der Waals surface area (Å²) < 4.78 is 0. The first-order valence-corrected chi connectivity index (χ1v) is 3.46. The van der Waals surface area contributed by atoms with Gasteiger partial charge in [0, 0.05) is 0 Å². The Morgan fingerprint density at radius 3 is 2.36 bits per heavy atom. The van der Waals surface area contributed by atoms with Gasteiger partial charge in [-0.25, -0.2) is 0 Å². The largest absolute Gasteiger partial charge is 0.128 e. The maximum Gasteiger partial charge on any atom is -0.0107 e. The molecule has 0 saturated carbocycles. The zero-order chi connectivity index (χ0) is 8.10. The fraction of sp³-hybridized carbons (Fsp3) is 0. The third-order valence-corrected chi connectivity index (χ3v) is 1.47. The van der Waals surface area contributed by atoms with E-state index in [-0.39, 0.29) is 0 Å². The highest BCUT2D eigenvalue weighted by atomic mass is 13.9. The fourth-order valence-electron chi connectivity index (χ4n) is 0.938. The molecule has 0 radical (unpaired) electrons. The molecular formula is C11H10. The highest BCUT2D eigenvalue weighted by Crippen LogP contribution is 2.10. The average Bonchev–Trinajstić information content (AvgIpc) is 2.06. The maximum absolute atomic E-state index is 3.71. The molecule has 0 bridgehead atoms. The lowest BCUT2D eigenvalue weighted by Crippen LogP contribution is -1.76. The number of rotatable bonds is 2. The van der Waals surface area contributed by atoms with Crippen LogP contribution in [0.3, 0.4) is 0 Å². The van der Waals surface area contributed by atoms with E-state index in [0.29, 0.717) is 0 Å². The smallest absolute Gasteiger partial charge is 0.0107 e. The van der Waals surface area contributed by atoms with Crippen LogP contribution in [0.15, 0.2) is 43.2 Å². The third kappa shape index (κ3) is 1.70. The second kappa shape index (κ2) is 3.60. The lowest BCUT2D eigenvalue weighted by molar-refractivity contribution is 1.62. The summed E-state index contributed by atoms with van der Waals surface area (Å²) in [5.41, 5.74) is 4.96. The molecule has 1 aromatic rings. The molecule has 54 valence electrons. The van der Waals surface area contributed by atoms with Gasteiger partial charge in [-0.2, -0.15) is 0 Å². The number of hydrogen-bond acceptors (Lipinski definition) is 0. The Kier molecular flexibility index (Phi) is 2.48. The van der Waals surface area contributed by atoms with Crippen LogP contribution in [0.5, 0.6) is 0 Å². The minimum absolute atomic E-state index is 1.11. The lowest BCUT2D eigenvalue weighted by atomic mass is 10.1. The molecule has 0 nitrogen and oxygen atoms in total. The zero-order valence-corrected chi connectivity index (χ0v) is 6.38. The van der Waals surface area contributed by atoms with E-state index in [2.05, 4.69) is 18.9 Å². The molecule has 0 atom stereocenters. The van der Waals surface area contributed by atoms with Crippen molar-refractivity contribution in [2.45, 2.75) is 0 Å². The predicted octanol–water partition coefficient (Wildman–Crippen LogP) is 3.13. The van der Waals surface area contributed by atoms with Crippen molar-refractivity contribution >= 4 is 12.2 Å². The fourth-order valence-corrected chi connectivity index (χ4v) is 0.938. The molecule has 1 rings (SSSR count). The lowest BCUT2D eigenvalue weighted by Gasteiger charge is -1.96. The van der Waals surface area contributed by atoms with Crippen LogP contribution in [0, 0.1) is 0 Å². The Bertz CT molecular complexity index is 302. The summed E-state index contributed by atoms with van der Waals surface area (Å²) in [6.07, 6.45) is 3.67. The van der Waals surface area contributed by atoms with E-state index in [0.717, 1.165) is 11.1 Å². The molecular weight excluding hydrogens is 132 g/mol. The summed E-state index contributed by atoms with van der Waals surface area (Å²) in [6.45, 7) is 7.22. The molecule has 0 heteroatoms. The summed E-state index contributed by atoms with van der Waals surface area (Å²) >= 11 is 0. The molecule has 0 aliphatic rings. The quantitative estimate of drug-likeness (QED) is 0.556. The Morgan fingerprint density at radius 2 is 1.82 bits per heavy atom. The topological polar surface area (TPSA) is 0 Å². The van der Waals surface area contributed by atoms with E-state index >= 15 is 0 Å². The third-order valence-electron chi connectivity index (χ3n) is 1.47. The van der Waals surface area contributed by atoms with Crippen LogP contribution < -0.4 is 0 Å². The second-order valence-corrected chi connectivity index (χ2v) is 2.18. The van der Waals surface area contributed by atoms with Crippen LogP contribution in [0.4, 0.5) is 0 Å². The monoisotopic (exact) mass is 142 g/mol. The van der Waals surface area contributed by atoms with Crippen molar-refractivity contribution < 1.29 is 0 Å². The summed E-state index contributed by atoms with van der Waals surface area (Å²) in [5, 5.41) is 0. The summed E-state index contributed by atoms with van der Waals surface area (Å²) in [4.78, 5) is 0. The Morgan fingerprint density at radius 1 is 1.18 bits per heavy atom. The van der Waals surface area contributed by atoms with Gasteiger partial charge in [0.15, 0.2) is 0 Å². The Labute approximate surface area is 67.2 Å². The van der Waals surface area contributed by atoms with E-state index in [1.807, 2.05) is 36.4 Å². The minimum Gasteiger partial charge on any atom is -0.128 e. The van der Waals surface area contributed by atoms with E-state index in [4.69, 9.17) is 0 Å². The zero-order valence-electron chi connectivity index (χ0n) is 6.38. The van der Waals surface area contributed by atoms with Gasteiger partial charge in [-0.05, 0) is 17.2 Å².